The number of aromatic nitrogens is 1. The molecule has 0 aromatic carbocycles. The first kappa shape index (κ1) is 16.2. The SMILES string of the molecule is CS(=O)(=O)N1CCN(C(=O)Nc2cnc3c(c2)CCCC3)CC1. The predicted octanol–water partition coefficient (Wildman–Crippen LogP) is 1.07. The van der Waals surface area contributed by atoms with E-state index in [1.165, 1.54) is 29.0 Å². The molecule has 0 saturated carbocycles. The summed E-state index contributed by atoms with van der Waals surface area (Å²) in [6, 6.07) is 1.81. The fourth-order valence-electron chi connectivity index (χ4n) is 3.08. The van der Waals surface area contributed by atoms with Crippen LogP contribution in [0.1, 0.15) is 24.1 Å². The number of pyridine rings is 1. The molecular formula is C15H22N4O3S. The Morgan fingerprint density at radius 1 is 1.17 bits per heavy atom. The summed E-state index contributed by atoms with van der Waals surface area (Å²) in [4.78, 5) is 18.4. The van der Waals surface area contributed by atoms with Crippen molar-refractivity contribution in [1.82, 2.24) is 14.2 Å². The Labute approximate surface area is 136 Å². The van der Waals surface area contributed by atoms with Crippen molar-refractivity contribution in [1.29, 1.82) is 0 Å². The number of anilines is 1. The minimum atomic E-state index is -3.18. The van der Waals surface area contributed by atoms with Crippen molar-refractivity contribution in [2.24, 2.45) is 0 Å². The van der Waals surface area contributed by atoms with Crippen molar-refractivity contribution in [3.05, 3.63) is 23.5 Å². The molecule has 1 fully saturated rings. The predicted molar refractivity (Wildman–Crippen MR) is 87.9 cm³/mol. The zero-order valence-corrected chi connectivity index (χ0v) is 14.1. The van der Waals surface area contributed by atoms with Gasteiger partial charge in [-0.15, -0.1) is 0 Å². The van der Waals surface area contributed by atoms with Gasteiger partial charge in [-0.1, -0.05) is 0 Å². The molecule has 3 rings (SSSR count). The minimum Gasteiger partial charge on any atom is -0.322 e. The van der Waals surface area contributed by atoms with Gasteiger partial charge in [-0.3, -0.25) is 4.98 Å². The van der Waals surface area contributed by atoms with Crippen molar-refractivity contribution in [3.63, 3.8) is 0 Å². The molecule has 0 spiro atoms. The molecule has 1 aromatic heterocycles. The van der Waals surface area contributed by atoms with Crippen LogP contribution in [0.15, 0.2) is 12.3 Å². The molecule has 126 valence electrons. The van der Waals surface area contributed by atoms with Crippen molar-refractivity contribution in [2.45, 2.75) is 25.7 Å². The Kier molecular flexibility index (Phi) is 4.54. The highest BCUT2D eigenvalue weighted by molar-refractivity contribution is 7.88. The maximum Gasteiger partial charge on any atom is 0.321 e. The molecule has 1 aliphatic carbocycles. The van der Waals surface area contributed by atoms with Crippen LogP contribution in [-0.2, 0) is 22.9 Å². The first-order valence-corrected chi connectivity index (χ1v) is 9.77. The van der Waals surface area contributed by atoms with Gasteiger partial charge >= 0.3 is 6.03 Å². The Balaban J connectivity index is 1.60. The standard InChI is InChI=1S/C15H22N4O3S/c1-23(21,22)19-8-6-18(7-9-19)15(20)17-13-10-12-4-2-3-5-14(12)16-11-13/h10-11H,2-9H2,1H3,(H,17,20). The average molecular weight is 338 g/mol. The zero-order valence-electron chi connectivity index (χ0n) is 13.3. The molecule has 2 amide bonds. The molecule has 2 aliphatic rings. The van der Waals surface area contributed by atoms with Gasteiger partial charge in [-0.25, -0.2) is 13.2 Å². The second-order valence-corrected chi connectivity index (χ2v) is 8.10. The number of sulfonamides is 1. The van der Waals surface area contributed by atoms with E-state index in [1.807, 2.05) is 6.07 Å². The Bertz CT molecular complexity index is 697. The number of fused-ring (bicyclic) bond motifs is 1. The molecule has 23 heavy (non-hydrogen) atoms. The summed E-state index contributed by atoms with van der Waals surface area (Å²) in [5, 5.41) is 2.87. The summed E-state index contributed by atoms with van der Waals surface area (Å²) in [5.74, 6) is 0. The van der Waals surface area contributed by atoms with E-state index in [9.17, 15) is 13.2 Å². The summed E-state index contributed by atoms with van der Waals surface area (Å²) in [5.41, 5.74) is 3.06. The fraction of sp³-hybridized carbons (Fsp3) is 0.600. The summed E-state index contributed by atoms with van der Waals surface area (Å²) in [6.07, 6.45) is 7.27. The quantitative estimate of drug-likeness (QED) is 0.874. The van der Waals surface area contributed by atoms with Crippen molar-refractivity contribution >= 4 is 21.7 Å². The van der Waals surface area contributed by atoms with Gasteiger partial charge in [0.15, 0.2) is 0 Å². The van der Waals surface area contributed by atoms with E-state index in [4.69, 9.17) is 0 Å². The maximum atomic E-state index is 12.3. The molecule has 1 saturated heterocycles. The van der Waals surface area contributed by atoms with Gasteiger partial charge in [0.2, 0.25) is 10.0 Å². The molecule has 0 unspecified atom stereocenters. The minimum absolute atomic E-state index is 0.198. The third-order valence-electron chi connectivity index (χ3n) is 4.42. The number of carbonyl (C=O) groups is 1. The van der Waals surface area contributed by atoms with E-state index in [0.717, 1.165) is 18.5 Å². The van der Waals surface area contributed by atoms with E-state index in [1.54, 1.807) is 11.1 Å². The molecule has 1 aliphatic heterocycles. The van der Waals surface area contributed by atoms with Crippen LogP contribution in [0, 0.1) is 0 Å². The normalized spacial score (nSPS) is 19.3. The van der Waals surface area contributed by atoms with Crippen LogP contribution in [-0.4, -0.2) is 61.1 Å². The molecular weight excluding hydrogens is 316 g/mol. The lowest BCUT2D eigenvalue weighted by Crippen LogP contribution is -2.51. The van der Waals surface area contributed by atoms with Gasteiger partial charge in [0, 0.05) is 31.9 Å². The molecule has 0 bridgehead atoms. The molecule has 1 N–H and O–H groups in total. The number of carbonyl (C=O) groups excluding carboxylic acids is 1. The number of amides is 2. The van der Waals surface area contributed by atoms with Gasteiger partial charge in [0.1, 0.15) is 0 Å². The van der Waals surface area contributed by atoms with Gasteiger partial charge in [0.25, 0.3) is 0 Å². The first-order valence-electron chi connectivity index (χ1n) is 7.92. The third kappa shape index (κ3) is 3.81. The van der Waals surface area contributed by atoms with Gasteiger partial charge in [-0.2, -0.15) is 4.31 Å². The number of nitrogens with zero attached hydrogens (tertiary/aromatic N) is 3. The van der Waals surface area contributed by atoms with Crippen LogP contribution in [0.25, 0.3) is 0 Å². The number of aryl methyl sites for hydroxylation is 2. The molecule has 1 aromatic rings. The lowest BCUT2D eigenvalue weighted by atomic mass is 9.96. The topological polar surface area (TPSA) is 82.6 Å². The summed E-state index contributed by atoms with van der Waals surface area (Å²) in [7, 11) is -3.18. The van der Waals surface area contributed by atoms with Crippen LogP contribution < -0.4 is 5.32 Å². The summed E-state index contributed by atoms with van der Waals surface area (Å²) in [6.45, 7) is 1.48. The zero-order chi connectivity index (χ0) is 16.4. The number of hydrogen-bond acceptors (Lipinski definition) is 4. The Morgan fingerprint density at radius 3 is 2.57 bits per heavy atom. The molecule has 0 atom stereocenters. The molecule has 0 radical (unpaired) electrons. The molecule has 8 heteroatoms. The van der Waals surface area contributed by atoms with Crippen LogP contribution >= 0.6 is 0 Å². The van der Waals surface area contributed by atoms with E-state index < -0.39 is 10.0 Å². The fourth-order valence-corrected chi connectivity index (χ4v) is 3.91. The highest BCUT2D eigenvalue weighted by atomic mass is 32.2. The van der Waals surface area contributed by atoms with Crippen molar-refractivity contribution in [2.75, 3.05) is 37.8 Å². The number of hydrogen-bond donors (Lipinski definition) is 1. The lowest BCUT2D eigenvalue weighted by Gasteiger charge is -2.33. The molecule has 2 heterocycles. The van der Waals surface area contributed by atoms with Gasteiger partial charge < -0.3 is 10.2 Å². The highest BCUT2D eigenvalue weighted by Crippen LogP contribution is 2.22. The summed E-state index contributed by atoms with van der Waals surface area (Å²) < 4.78 is 24.4. The van der Waals surface area contributed by atoms with E-state index in [-0.39, 0.29) is 6.03 Å². The number of urea groups is 1. The Morgan fingerprint density at radius 2 is 1.87 bits per heavy atom. The molecule has 7 nitrogen and oxygen atoms in total. The van der Waals surface area contributed by atoms with Crippen molar-refractivity contribution in [3.8, 4) is 0 Å². The maximum absolute atomic E-state index is 12.3. The number of piperazine rings is 1. The van der Waals surface area contributed by atoms with Crippen LogP contribution in [0.4, 0.5) is 10.5 Å². The van der Waals surface area contributed by atoms with E-state index in [2.05, 4.69) is 10.3 Å². The van der Waals surface area contributed by atoms with Crippen molar-refractivity contribution < 1.29 is 13.2 Å². The van der Waals surface area contributed by atoms with E-state index in [0.29, 0.717) is 31.9 Å². The van der Waals surface area contributed by atoms with Crippen LogP contribution in [0.5, 0.6) is 0 Å². The van der Waals surface area contributed by atoms with Crippen LogP contribution in [0.2, 0.25) is 0 Å². The monoisotopic (exact) mass is 338 g/mol. The Hall–Kier alpha value is -1.67. The second kappa shape index (κ2) is 6.45. The van der Waals surface area contributed by atoms with E-state index >= 15 is 0 Å². The summed E-state index contributed by atoms with van der Waals surface area (Å²) >= 11 is 0. The van der Waals surface area contributed by atoms with Gasteiger partial charge in [0.05, 0.1) is 18.1 Å². The second-order valence-electron chi connectivity index (χ2n) is 6.12. The highest BCUT2D eigenvalue weighted by Gasteiger charge is 2.26. The van der Waals surface area contributed by atoms with Crippen LogP contribution in [0.3, 0.4) is 0 Å². The third-order valence-corrected chi connectivity index (χ3v) is 5.72. The first-order chi connectivity index (χ1) is 10.9. The largest absolute Gasteiger partial charge is 0.322 e. The number of rotatable bonds is 2. The smallest absolute Gasteiger partial charge is 0.321 e. The lowest BCUT2D eigenvalue weighted by molar-refractivity contribution is 0.184. The average Bonchev–Trinajstić information content (AvgIpc) is 2.54. The van der Waals surface area contributed by atoms with Gasteiger partial charge in [-0.05, 0) is 37.3 Å². The number of nitrogens with one attached hydrogen (secondary N) is 1.